The average molecular weight is 123 g/mol. The normalized spacial score (nSPS) is 8.00. The van der Waals surface area contributed by atoms with Gasteiger partial charge in [0.1, 0.15) is 0 Å². The maximum Gasteiger partial charge on any atom is 0 e. The van der Waals surface area contributed by atoms with Crippen molar-refractivity contribution in [3.8, 4) is 0 Å². The largest absolute Gasteiger partial charge is 0.0630 e. The Kier molecular flexibility index (Phi) is 9.76. The number of rotatable bonds is 1. The maximum atomic E-state index is 4.96. The Morgan fingerprint density at radius 3 is 0.900 bits per heavy atom. The number of hydrogen-bond acceptors (Lipinski definition) is 0. The second-order valence-electron chi connectivity index (χ2n) is 2.89. The predicted molar refractivity (Wildman–Crippen MR) is 55.0 cm³/mol. The molecule has 0 heterocycles. The molecule has 0 amide bonds. The van der Waals surface area contributed by atoms with Gasteiger partial charge in [-0.25, -0.2) is 0 Å². The van der Waals surface area contributed by atoms with E-state index in [2.05, 4.69) is 20.8 Å². The van der Waals surface area contributed by atoms with Crippen LogP contribution in [-0.2, 0) is 0 Å². The molecular formula is C4H10B6. The van der Waals surface area contributed by atoms with Crippen molar-refractivity contribution in [1.82, 2.24) is 0 Å². The zero-order chi connectivity index (χ0) is 8.73. The van der Waals surface area contributed by atoms with Crippen LogP contribution in [0, 0.1) is 5.92 Å². The van der Waals surface area contributed by atoms with Gasteiger partial charge in [0.05, 0.1) is 0 Å². The van der Waals surface area contributed by atoms with Gasteiger partial charge in [-0.2, -0.15) is 0 Å². The molecule has 10 heavy (non-hydrogen) atoms. The van der Waals surface area contributed by atoms with Crippen molar-refractivity contribution in [2.45, 2.75) is 20.8 Å². The molecule has 0 fully saturated rings. The summed E-state index contributed by atoms with van der Waals surface area (Å²) in [5.41, 5.74) is 0. The lowest BCUT2D eigenvalue weighted by Gasteiger charge is -2.00. The van der Waals surface area contributed by atoms with Crippen molar-refractivity contribution in [3.05, 3.63) is 0 Å². The molecule has 0 saturated heterocycles. The molecule has 0 N–H and O–H groups in total. The Labute approximate surface area is 71.0 Å². The van der Waals surface area contributed by atoms with Crippen molar-refractivity contribution in [2.24, 2.45) is 5.92 Å². The highest BCUT2D eigenvalue weighted by molar-refractivity contribution is 7.76. The first kappa shape index (κ1) is 13.0. The van der Waals surface area contributed by atoms with E-state index in [1.807, 2.05) is 0 Å². The molecule has 0 aliphatic rings. The van der Waals surface area contributed by atoms with Crippen LogP contribution in [0.1, 0.15) is 20.8 Å². The summed E-state index contributed by atoms with van der Waals surface area (Å²) in [4.78, 5) is 0. The van der Waals surface area contributed by atoms with Crippen molar-refractivity contribution in [2.75, 3.05) is 0 Å². The lowest BCUT2D eigenvalue weighted by molar-refractivity contribution is 0.737. The van der Waals surface area contributed by atoms with Crippen LogP contribution in [0.4, 0.5) is 0 Å². The van der Waals surface area contributed by atoms with Gasteiger partial charge in [0.15, 0.2) is 0 Å². The van der Waals surface area contributed by atoms with E-state index in [1.165, 1.54) is 0 Å². The molecule has 0 bridgehead atoms. The van der Waals surface area contributed by atoms with E-state index >= 15 is 0 Å². The second kappa shape index (κ2) is 7.50. The second-order valence-corrected chi connectivity index (χ2v) is 2.89. The summed E-state index contributed by atoms with van der Waals surface area (Å²) < 4.78 is 0. The van der Waals surface area contributed by atoms with Crippen molar-refractivity contribution < 1.29 is 0 Å². The average Bonchev–Trinajstić information content (AvgIpc) is 1.63. The van der Waals surface area contributed by atoms with Crippen LogP contribution in [0.3, 0.4) is 0 Å². The molecule has 0 rings (SSSR count). The first-order valence-corrected chi connectivity index (χ1v) is 3.40. The van der Waals surface area contributed by atoms with E-state index in [0.717, 1.165) is 5.92 Å². The minimum atomic E-state index is -0.593. The number of hydrogen-bond donors (Lipinski definition) is 0. The van der Waals surface area contributed by atoms with Gasteiger partial charge in [-0.15, -0.1) is 0 Å². The van der Waals surface area contributed by atoms with Gasteiger partial charge < -0.3 is 0 Å². The van der Waals surface area contributed by atoms with Crippen LogP contribution >= 0.6 is 0 Å². The molecule has 0 nitrogen and oxygen atoms in total. The van der Waals surface area contributed by atoms with Gasteiger partial charge >= 0.3 is 0 Å². The first-order valence-electron chi connectivity index (χ1n) is 3.40. The summed E-state index contributed by atoms with van der Waals surface area (Å²) in [5, 5.41) is 0. The Balaban J connectivity index is 0. The summed E-state index contributed by atoms with van der Waals surface area (Å²) in [6.45, 7) is 6.50. The Morgan fingerprint density at radius 1 is 0.800 bits per heavy atom. The van der Waals surface area contributed by atoms with Gasteiger partial charge in [-0.1, -0.05) is 20.8 Å². The minimum Gasteiger partial charge on any atom is -0.0630 e. The summed E-state index contributed by atoms with van der Waals surface area (Å²) in [5.74, 6) is 0.833. The molecule has 8 radical (unpaired) electrons. The topological polar surface area (TPSA) is 0 Å². The van der Waals surface area contributed by atoms with Crippen LogP contribution in [-0.4, -0.2) is 43.7 Å². The van der Waals surface area contributed by atoms with Crippen molar-refractivity contribution in [1.29, 1.82) is 0 Å². The zero-order valence-electron chi connectivity index (χ0n) is 7.04. The molecule has 0 aliphatic heterocycles. The Hall–Kier alpha value is 0.390. The predicted octanol–water partition coefficient (Wildman–Crippen LogP) is -0.623. The SMILES string of the molecule is CC(C)C.[B]B([B])B([B])[B]. The summed E-state index contributed by atoms with van der Waals surface area (Å²) in [6, 6.07) is 0. The highest BCUT2D eigenvalue weighted by atomic mass is 13.7. The van der Waals surface area contributed by atoms with Crippen molar-refractivity contribution >= 4 is 43.7 Å². The van der Waals surface area contributed by atoms with Gasteiger partial charge in [0.2, 0.25) is 0 Å². The first-order chi connectivity index (χ1) is 4.37. The standard InChI is InChI=1S/C4H10.B6/c1-4(2)3;1-5(2)6(3)4/h4H,1-3H3;. The smallest absolute Gasteiger partial charge is 0 e. The quantitative estimate of drug-likeness (QED) is 0.407. The third-order valence-electron chi connectivity index (χ3n) is 0.444. The minimum absolute atomic E-state index is 0.593. The molecule has 0 aliphatic carbocycles. The molecule has 0 aromatic heterocycles. The molecule has 0 spiro atoms. The molecule has 0 aromatic rings. The summed E-state index contributed by atoms with van der Waals surface area (Å²) in [6.07, 6.45) is -1.19. The Bertz CT molecular complexity index is 52.0. The highest BCUT2D eigenvalue weighted by Crippen LogP contribution is 1.81. The monoisotopic (exact) mass is 124 g/mol. The zero-order valence-corrected chi connectivity index (χ0v) is 7.04. The Morgan fingerprint density at radius 2 is 0.900 bits per heavy atom. The lowest BCUT2D eigenvalue weighted by atomic mass is 8.81. The van der Waals surface area contributed by atoms with E-state index < -0.39 is 12.8 Å². The lowest BCUT2D eigenvalue weighted by Crippen LogP contribution is -2.38. The molecule has 0 unspecified atom stereocenters. The van der Waals surface area contributed by atoms with E-state index in [0.29, 0.717) is 0 Å². The van der Waals surface area contributed by atoms with Gasteiger partial charge in [-0.05, 0) is 5.92 Å². The van der Waals surface area contributed by atoms with Crippen LogP contribution in [0.25, 0.3) is 0 Å². The van der Waals surface area contributed by atoms with Gasteiger partial charge in [0.25, 0.3) is 0 Å². The highest BCUT2D eigenvalue weighted by Gasteiger charge is 2.00. The summed E-state index contributed by atoms with van der Waals surface area (Å²) in [7, 11) is 19.9. The van der Waals surface area contributed by atoms with E-state index in [-0.39, 0.29) is 0 Å². The fourth-order valence-electron chi connectivity index (χ4n) is 0. The third kappa shape index (κ3) is 23.8. The van der Waals surface area contributed by atoms with Gasteiger partial charge in [-0.3, -0.25) is 0 Å². The third-order valence-corrected chi connectivity index (χ3v) is 0.444. The van der Waals surface area contributed by atoms with Crippen LogP contribution in [0.2, 0.25) is 0 Å². The van der Waals surface area contributed by atoms with E-state index in [4.69, 9.17) is 30.9 Å². The molecule has 0 saturated carbocycles. The van der Waals surface area contributed by atoms with E-state index in [9.17, 15) is 0 Å². The molecule has 6 heteroatoms. The molecular weight excluding hydrogens is 113 g/mol. The molecule has 0 atom stereocenters. The van der Waals surface area contributed by atoms with E-state index in [1.54, 1.807) is 0 Å². The fourth-order valence-corrected chi connectivity index (χ4v) is 0. The van der Waals surface area contributed by atoms with Crippen molar-refractivity contribution in [3.63, 3.8) is 0 Å². The maximum absolute atomic E-state index is 4.96. The van der Waals surface area contributed by atoms with Crippen LogP contribution in [0.15, 0.2) is 0 Å². The fraction of sp³-hybridized carbons (Fsp3) is 1.00. The van der Waals surface area contributed by atoms with Crippen LogP contribution < -0.4 is 0 Å². The van der Waals surface area contributed by atoms with Crippen LogP contribution in [0.5, 0.6) is 0 Å². The summed E-state index contributed by atoms with van der Waals surface area (Å²) >= 11 is 0. The molecule has 0 aromatic carbocycles. The molecule has 44 valence electrons. The van der Waals surface area contributed by atoms with Gasteiger partial charge in [0, 0.05) is 43.7 Å².